The van der Waals surface area contributed by atoms with Crippen molar-refractivity contribution in [3.8, 4) is 17.3 Å². The summed E-state index contributed by atoms with van der Waals surface area (Å²) in [6.07, 6.45) is 6.43. The Bertz CT molecular complexity index is 1960. The Balaban J connectivity index is 1.07. The molecule has 0 radical (unpaired) electrons. The molecule has 11 heteroatoms. The highest BCUT2D eigenvalue weighted by molar-refractivity contribution is 6.00. The van der Waals surface area contributed by atoms with Crippen molar-refractivity contribution in [2.24, 2.45) is 30.0 Å². The zero-order valence-corrected chi connectivity index (χ0v) is 27.3. The number of aryl methyl sites for hydroxylation is 1. The standard InChI is InChI=1S/C36H42FN7O3/c1-19(39-34(46)35-16-36(37,17-35)18-35)26-9-7-22-12-28(44(31(22)40-26)14-20-4-5-20)32-41-27-11-23(13-29(47-3)30(27)42(32)2)33(45)43-15-25(38)21-6-8-24(43)10-21/h7,9,11-13,19-21,24-25H,4-6,8,10,14-18,38H2,1-3H3,(H,39,46)/t19?,21-,24+,25-,35?,36?/m0/s1. The summed E-state index contributed by atoms with van der Waals surface area (Å²) in [5.41, 5.74) is 9.47. The number of fused-ring (bicyclic) bond motifs is 4. The average Bonchev–Trinajstić information content (AvgIpc) is 3.49. The van der Waals surface area contributed by atoms with Crippen LogP contribution in [0.5, 0.6) is 5.75 Å². The number of aromatic nitrogens is 4. The second-order valence-corrected chi connectivity index (χ2v) is 15.3. The van der Waals surface area contributed by atoms with Gasteiger partial charge >= 0.3 is 0 Å². The molecule has 246 valence electrons. The average molecular weight is 640 g/mol. The number of benzene rings is 1. The molecule has 4 heterocycles. The number of piperidine rings is 1. The molecule has 0 spiro atoms. The third-order valence-corrected chi connectivity index (χ3v) is 11.9. The third kappa shape index (κ3) is 4.44. The summed E-state index contributed by atoms with van der Waals surface area (Å²) in [5.74, 6) is 2.38. The van der Waals surface area contributed by atoms with E-state index in [2.05, 4.69) is 22.0 Å². The molecule has 1 aliphatic heterocycles. The number of nitrogens with zero attached hydrogens (tertiary/aromatic N) is 5. The van der Waals surface area contributed by atoms with Gasteiger partial charge in [-0.2, -0.15) is 0 Å². The number of nitrogens with two attached hydrogens (primary N) is 1. The minimum atomic E-state index is -1.12. The van der Waals surface area contributed by atoms with Gasteiger partial charge in [-0.05, 0) is 100 Å². The number of amides is 2. The third-order valence-electron chi connectivity index (χ3n) is 11.9. The highest BCUT2D eigenvalue weighted by atomic mass is 19.1. The summed E-state index contributed by atoms with van der Waals surface area (Å²) in [5, 5.41) is 4.11. The SMILES string of the molecule is COc1cc(C(=O)N2C[C@H](N)[C@H]3CC[C@@H]2C3)cc2nc(-c3cc4ccc(C(C)NC(=O)C56CC(F)(C5)C6)nc4n3CC3CC3)n(C)c12. The number of rotatable bonds is 8. The fourth-order valence-electron chi connectivity index (χ4n) is 9.06. The van der Waals surface area contributed by atoms with Crippen LogP contribution in [0, 0.1) is 17.3 Å². The van der Waals surface area contributed by atoms with E-state index in [1.54, 1.807) is 7.11 Å². The monoisotopic (exact) mass is 639 g/mol. The van der Waals surface area contributed by atoms with Crippen LogP contribution in [-0.4, -0.2) is 67.2 Å². The summed E-state index contributed by atoms with van der Waals surface area (Å²) in [6.45, 7) is 3.34. The predicted octanol–water partition coefficient (Wildman–Crippen LogP) is 5.03. The van der Waals surface area contributed by atoms with Gasteiger partial charge in [0.2, 0.25) is 5.91 Å². The number of ether oxygens (including phenoxy) is 1. The molecule has 1 unspecified atom stereocenters. The van der Waals surface area contributed by atoms with Gasteiger partial charge in [-0.15, -0.1) is 0 Å². The molecule has 47 heavy (non-hydrogen) atoms. The van der Waals surface area contributed by atoms with Crippen LogP contribution in [0.25, 0.3) is 33.6 Å². The number of carbonyl (C=O) groups is 2. The van der Waals surface area contributed by atoms with Crippen LogP contribution in [0.15, 0.2) is 30.3 Å². The summed E-state index contributed by atoms with van der Waals surface area (Å²) in [7, 11) is 3.62. The molecule has 6 fully saturated rings. The molecule has 4 bridgehead atoms. The van der Waals surface area contributed by atoms with Crippen molar-refractivity contribution in [2.75, 3.05) is 13.7 Å². The fraction of sp³-hybridized carbons (Fsp3) is 0.556. The molecule has 6 aliphatic rings. The number of alkyl halides is 1. The number of hydrogen-bond acceptors (Lipinski definition) is 6. The molecular formula is C36H42FN7O3. The largest absolute Gasteiger partial charge is 0.494 e. The smallest absolute Gasteiger partial charge is 0.254 e. The highest BCUT2D eigenvalue weighted by Crippen LogP contribution is 2.69. The number of methoxy groups -OCH3 is 1. The second kappa shape index (κ2) is 10.0. The number of hydrogen-bond donors (Lipinski definition) is 2. The van der Waals surface area contributed by atoms with Crippen LogP contribution >= 0.6 is 0 Å². The quantitative estimate of drug-likeness (QED) is 0.279. The summed E-state index contributed by atoms with van der Waals surface area (Å²) in [4.78, 5) is 39.1. The van der Waals surface area contributed by atoms with Crippen molar-refractivity contribution in [3.63, 3.8) is 0 Å². The molecule has 5 aliphatic carbocycles. The molecule has 3 aromatic heterocycles. The van der Waals surface area contributed by atoms with Crippen molar-refractivity contribution in [1.29, 1.82) is 0 Å². The van der Waals surface area contributed by atoms with Crippen LogP contribution in [-0.2, 0) is 18.4 Å². The van der Waals surface area contributed by atoms with E-state index in [1.165, 1.54) is 12.8 Å². The number of halogens is 1. The lowest BCUT2D eigenvalue weighted by Gasteiger charge is -2.64. The van der Waals surface area contributed by atoms with Crippen molar-refractivity contribution in [1.82, 2.24) is 29.3 Å². The van der Waals surface area contributed by atoms with Gasteiger partial charge in [0, 0.05) is 43.2 Å². The van der Waals surface area contributed by atoms with Gasteiger partial charge in [-0.3, -0.25) is 9.59 Å². The number of likely N-dealkylation sites (tertiary alicyclic amines) is 1. The van der Waals surface area contributed by atoms with E-state index >= 15 is 0 Å². The van der Waals surface area contributed by atoms with Gasteiger partial charge in [-0.1, -0.05) is 0 Å². The molecule has 1 saturated heterocycles. The van der Waals surface area contributed by atoms with E-state index in [1.807, 2.05) is 41.6 Å². The van der Waals surface area contributed by atoms with Crippen LogP contribution in [0.2, 0.25) is 0 Å². The molecule has 10 nitrogen and oxygen atoms in total. The number of imidazole rings is 1. The summed E-state index contributed by atoms with van der Waals surface area (Å²) in [6, 6.07) is 9.84. The Morgan fingerprint density at radius 2 is 1.91 bits per heavy atom. The van der Waals surface area contributed by atoms with Crippen molar-refractivity contribution < 1.29 is 18.7 Å². The van der Waals surface area contributed by atoms with Gasteiger partial charge in [0.05, 0.1) is 35.5 Å². The van der Waals surface area contributed by atoms with E-state index in [4.69, 9.17) is 20.4 Å². The lowest BCUT2D eigenvalue weighted by molar-refractivity contribution is -0.214. The first-order valence-corrected chi connectivity index (χ1v) is 17.2. The Morgan fingerprint density at radius 1 is 1.13 bits per heavy atom. The zero-order chi connectivity index (χ0) is 32.4. The first-order chi connectivity index (χ1) is 22.5. The lowest BCUT2D eigenvalue weighted by Crippen LogP contribution is -2.70. The van der Waals surface area contributed by atoms with Gasteiger partial charge in [-0.25, -0.2) is 14.4 Å². The topological polar surface area (TPSA) is 120 Å². The summed E-state index contributed by atoms with van der Waals surface area (Å²) < 4.78 is 24.3. The summed E-state index contributed by atoms with van der Waals surface area (Å²) >= 11 is 0. The molecule has 1 aromatic carbocycles. The van der Waals surface area contributed by atoms with Crippen molar-refractivity contribution in [3.05, 3.63) is 41.6 Å². The number of carbonyl (C=O) groups excluding carboxylic acids is 2. The molecule has 10 rings (SSSR count). The van der Waals surface area contributed by atoms with Crippen LogP contribution in [0.1, 0.15) is 80.4 Å². The second-order valence-electron chi connectivity index (χ2n) is 15.3. The maximum absolute atomic E-state index is 14.1. The molecule has 3 N–H and O–H groups in total. The zero-order valence-electron chi connectivity index (χ0n) is 27.3. The first-order valence-electron chi connectivity index (χ1n) is 17.2. The molecule has 2 amide bonds. The molecular weight excluding hydrogens is 597 g/mol. The van der Waals surface area contributed by atoms with Crippen LogP contribution < -0.4 is 15.8 Å². The van der Waals surface area contributed by atoms with E-state index < -0.39 is 11.1 Å². The van der Waals surface area contributed by atoms with Gasteiger partial charge < -0.3 is 29.8 Å². The maximum Gasteiger partial charge on any atom is 0.254 e. The Hall–Kier alpha value is -3.99. The first kappa shape index (κ1) is 29.2. The Kier molecular flexibility index (Phi) is 6.21. The number of nitrogens with one attached hydrogen (secondary N) is 1. The van der Waals surface area contributed by atoms with E-state index in [0.29, 0.717) is 54.5 Å². The predicted molar refractivity (Wildman–Crippen MR) is 176 cm³/mol. The number of pyridine rings is 1. The van der Waals surface area contributed by atoms with Gasteiger partial charge in [0.25, 0.3) is 5.91 Å². The van der Waals surface area contributed by atoms with Crippen molar-refractivity contribution in [2.45, 2.75) is 88.6 Å². The Labute approximate surface area is 272 Å². The molecule has 4 aromatic rings. The fourth-order valence-corrected chi connectivity index (χ4v) is 9.06. The normalized spacial score (nSPS) is 29.9. The van der Waals surface area contributed by atoms with Crippen LogP contribution in [0.4, 0.5) is 4.39 Å². The van der Waals surface area contributed by atoms with Crippen LogP contribution in [0.3, 0.4) is 0 Å². The molecule has 5 saturated carbocycles. The highest BCUT2D eigenvalue weighted by Gasteiger charge is 2.72. The minimum Gasteiger partial charge on any atom is -0.494 e. The lowest BCUT2D eigenvalue weighted by atomic mass is 9.42. The van der Waals surface area contributed by atoms with Gasteiger partial charge in [0.1, 0.15) is 22.6 Å². The van der Waals surface area contributed by atoms with Gasteiger partial charge in [0.15, 0.2) is 5.82 Å². The van der Waals surface area contributed by atoms with E-state index in [0.717, 1.165) is 59.6 Å². The molecule has 4 atom stereocenters. The maximum atomic E-state index is 14.1. The van der Waals surface area contributed by atoms with E-state index in [-0.39, 0.29) is 29.9 Å². The minimum absolute atomic E-state index is 0.0165. The van der Waals surface area contributed by atoms with Crippen molar-refractivity contribution >= 4 is 33.9 Å². The van der Waals surface area contributed by atoms with E-state index in [9.17, 15) is 14.0 Å². The Morgan fingerprint density at radius 3 is 2.64 bits per heavy atom.